The first-order chi connectivity index (χ1) is 18.8. The number of halogens is 2. The van der Waals surface area contributed by atoms with Gasteiger partial charge in [0.1, 0.15) is 0 Å². The second-order valence-electron chi connectivity index (χ2n) is 9.21. The van der Waals surface area contributed by atoms with E-state index in [0.29, 0.717) is 27.9 Å². The summed E-state index contributed by atoms with van der Waals surface area (Å²) < 4.78 is 33.9. The van der Waals surface area contributed by atoms with Gasteiger partial charge in [0.05, 0.1) is 34.0 Å². The topological polar surface area (TPSA) is 83.1 Å². The van der Waals surface area contributed by atoms with E-state index in [2.05, 4.69) is 4.90 Å². The standard InChI is InChI=1S/C28H29ClN4O4S2.ClH/c1-31(23-6-3-2-4-7-23)39(35,36)24-11-8-21(9-12-24)27(34)33(15-5-14-32-16-18-37-19-17-32)28-30-25-13-10-22(29)20-26(25)38-28;/h2-4,6-13,20H,5,14-19H2,1H3;1H. The zero-order chi connectivity index (χ0) is 27.4. The molecule has 12 heteroatoms. The quantitative estimate of drug-likeness (QED) is 0.243. The molecule has 1 fully saturated rings. The maximum absolute atomic E-state index is 13.8. The molecule has 1 saturated heterocycles. The summed E-state index contributed by atoms with van der Waals surface area (Å²) >= 11 is 7.59. The predicted molar refractivity (Wildman–Crippen MR) is 164 cm³/mol. The van der Waals surface area contributed by atoms with Crippen molar-refractivity contribution < 1.29 is 17.9 Å². The third-order valence-corrected chi connectivity index (χ3v) is 9.73. The molecule has 1 aliphatic rings. The zero-order valence-corrected chi connectivity index (χ0v) is 25.1. The lowest BCUT2D eigenvalue weighted by Gasteiger charge is -2.27. The van der Waals surface area contributed by atoms with Crippen LogP contribution in [0.25, 0.3) is 10.2 Å². The Morgan fingerprint density at radius 1 is 1.05 bits per heavy atom. The maximum atomic E-state index is 13.8. The molecular formula is C28H30Cl2N4O4S2. The van der Waals surface area contributed by atoms with Gasteiger partial charge in [-0.2, -0.15) is 0 Å². The summed E-state index contributed by atoms with van der Waals surface area (Å²) in [6.45, 7) is 4.50. The van der Waals surface area contributed by atoms with Crippen molar-refractivity contribution in [1.82, 2.24) is 9.88 Å². The molecule has 0 radical (unpaired) electrons. The van der Waals surface area contributed by atoms with Crippen LogP contribution >= 0.6 is 35.3 Å². The number of anilines is 2. The molecule has 1 aliphatic heterocycles. The van der Waals surface area contributed by atoms with Crippen LogP contribution in [0.3, 0.4) is 0 Å². The molecular weight excluding hydrogens is 591 g/mol. The molecule has 3 aromatic carbocycles. The lowest BCUT2D eigenvalue weighted by atomic mass is 10.2. The van der Waals surface area contributed by atoms with Gasteiger partial charge in [-0.3, -0.25) is 18.9 Å². The van der Waals surface area contributed by atoms with Crippen LogP contribution in [0.4, 0.5) is 10.8 Å². The van der Waals surface area contributed by atoms with Crippen LogP contribution < -0.4 is 9.21 Å². The van der Waals surface area contributed by atoms with E-state index in [9.17, 15) is 13.2 Å². The van der Waals surface area contributed by atoms with Gasteiger partial charge in [-0.05, 0) is 61.0 Å². The van der Waals surface area contributed by atoms with Crippen molar-refractivity contribution in [2.45, 2.75) is 11.3 Å². The number of hydrogen-bond acceptors (Lipinski definition) is 7. The van der Waals surface area contributed by atoms with Crippen molar-refractivity contribution in [3.05, 3.63) is 83.4 Å². The van der Waals surface area contributed by atoms with Gasteiger partial charge in [-0.1, -0.05) is 41.1 Å². The highest BCUT2D eigenvalue weighted by Gasteiger charge is 2.25. The van der Waals surface area contributed by atoms with Gasteiger partial charge in [0, 0.05) is 43.8 Å². The monoisotopic (exact) mass is 620 g/mol. The van der Waals surface area contributed by atoms with Crippen molar-refractivity contribution in [2.75, 3.05) is 55.6 Å². The minimum atomic E-state index is -3.79. The molecule has 2 heterocycles. The Labute approximate surface area is 249 Å². The molecule has 0 spiro atoms. The van der Waals surface area contributed by atoms with Crippen LogP contribution in [0, 0.1) is 0 Å². The molecule has 1 amide bonds. The Morgan fingerprint density at radius 3 is 2.45 bits per heavy atom. The van der Waals surface area contributed by atoms with E-state index < -0.39 is 10.0 Å². The third kappa shape index (κ3) is 6.76. The summed E-state index contributed by atoms with van der Waals surface area (Å²) in [6.07, 6.45) is 0.761. The first kappa shape index (κ1) is 30.2. The molecule has 0 saturated carbocycles. The molecule has 8 nitrogen and oxygen atoms in total. The normalized spacial score (nSPS) is 14.1. The number of rotatable bonds is 9. The van der Waals surface area contributed by atoms with Gasteiger partial charge in [0.15, 0.2) is 5.13 Å². The van der Waals surface area contributed by atoms with Gasteiger partial charge in [0.2, 0.25) is 0 Å². The smallest absolute Gasteiger partial charge is 0.264 e. The summed E-state index contributed by atoms with van der Waals surface area (Å²) in [4.78, 5) is 22.6. The summed E-state index contributed by atoms with van der Waals surface area (Å²) in [5, 5.41) is 1.19. The summed E-state index contributed by atoms with van der Waals surface area (Å²) in [7, 11) is -2.27. The summed E-state index contributed by atoms with van der Waals surface area (Å²) in [5.41, 5.74) is 1.72. The van der Waals surface area contributed by atoms with E-state index >= 15 is 0 Å². The number of ether oxygens (including phenoxy) is 1. The van der Waals surface area contributed by atoms with Crippen molar-refractivity contribution >= 4 is 72.3 Å². The van der Waals surface area contributed by atoms with Gasteiger partial charge < -0.3 is 4.74 Å². The van der Waals surface area contributed by atoms with E-state index in [1.165, 1.54) is 34.8 Å². The number of thiazole rings is 1. The Hall–Kier alpha value is -2.73. The number of benzene rings is 3. The number of morpholine rings is 1. The van der Waals surface area contributed by atoms with Crippen molar-refractivity contribution in [2.24, 2.45) is 0 Å². The van der Waals surface area contributed by atoms with E-state index in [1.807, 2.05) is 18.2 Å². The molecule has 0 unspecified atom stereocenters. The molecule has 5 rings (SSSR count). The average molecular weight is 622 g/mol. The summed E-state index contributed by atoms with van der Waals surface area (Å²) in [6, 6.07) is 20.4. The van der Waals surface area contributed by atoms with Crippen LogP contribution in [0.5, 0.6) is 0 Å². The maximum Gasteiger partial charge on any atom is 0.264 e. The first-order valence-electron chi connectivity index (χ1n) is 12.6. The largest absolute Gasteiger partial charge is 0.379 e. The van der Waals surface area contributed by atoms with Crippen molar-refractivity contribution in [3.8, 4) is 0 Å². The number of aromatic nitrogens is 1. The molecule has 212 valence electrons. The molecule has 4 aromatic rings. The fourth-order valence-electron chi connectivity index (χ4n) is 4.42. The van der Waals surface area contributed by atoms with Crippen molar-refractivity contribution in [1.29, 1.82) is 0 Å². The molecule has 0 aliphatic carbocycles. The number of nitrogens with zero attached hydrogens (tertiary/aromatic N) is 4. The predicted octanol–water partition coefficient (Wildman–Crippen LogP) is 5.57. The molecule has 0 N–H and O–H groups in total. The number of carbonyl (C=O) groups is 1. The Balaban J connectivity index is 0.00000370. The highest BCUT2D eigenvalue weighted by atomic mass is 35.5. The fraction of sp³-hybridized carbons (Fsp3) is 0.286. The zero-order valence-electron chi connectivity index (χ0n) is 21.9. The highest BCUT2D eigenvalue weighted by Crippen LogP contribution is 2.32. The molecule has 0 bridgehead atoms. The van der Waals surface area contributed by atoms with Crippen LogP contribution in [-0.4, -0.2) is 70.6 Å². The third-order valence-electron chi connectivity index (χ3n) is 6.65. The molecule has 40 heavy (non-hydrogen) atoms. The van der Waals surface area contributed by atoms with Gasteiger partial charge in [0.25, 0.3) is 15.9 Å². The Bertz CT molecular complexity index is 1540. The van der Waals surface area contributed by atoms with E-state index in [0.717, 1.165) is 49.5 Å². The first-order valence-corrected chi connectivity index (χ1v) is 15.3. The van der Waals surface area contributed by atoms with E-state index in [1.54, 1.807) is 47.4 Å². The number of amides is 1. The molecule has 1 aromatic heterocycles. The number of carbonyl (C=O) groups excluding carboxylic acids is 1. The molecule has 0 atom stereocenters. The van der Waals surface area contributed by atoms with Crippen LogP contribution in [0.1, 0.15) is 16.8 Å². The minimum absolute atomic E-state index is 0. The van der Waals surface area contributed by atoms with Gasteiger partial charge in [-0.25, -0.2) is 13.4 Å². The van der Waals surface area contributed by atoms with Gasteiger partial charge in [-0.15, -0.1) is 12.4 Å². The number of hydrogen-bond donors (Lipinski definition) is 0. The Kier molecular flexibility index (Phi) is 10.0. The van der Waals surface area contributed by atoms with E-state index in [-0.39, 0.29) is 23.2 Å². The lowest BCUT2D eigenvalue weighted by molar-refractivity contribution is 0.0376. The number of sulfonamides is 1. The van der Waals surface area contributed by atoms with E-state index in [4.69, 9.17) is 21.3 Å². The second-order valence-corrected chi connectivity index (χ2v) is 12.6. The van der Waals surface area contributed by atoms with Crippen molar-refractivity contribution in [3.63, 3.8) is 0 Å². The Morgan fingerprint density at radius 2 is 1.75 bits per heavy atom. The number of para-hydroxylation sites is 1. The lowest BCUT2D eigenvalue weighted by Crippen LogP contribution is -2.39. The number of fused-ring (bicyclic) bond motifs is 1. The second kappa shape index (κ2) is 13.3. The van der Waals surface area contributed by atoms with Crippen LogP contribution in [-0.2, 0) is 14.8 Å². The average Bonchev–Trinajstić information content (AvgIpc) is 3.38. The highest BCUT2D eigenvalue weighted by molar-refractivity contribution is 7.92. The van der Waals surface area contributed by atoms with Crippen LogP contribution in [0.2, 0.25) is 5.02 Å². The fourth-order valence-corrected chi connectivity index (χ4v) is 6.88. The SMILES string of the molecule is CN(c1ccccc1)S(=O)(=O)c1ccc(C(=O)N(CCCN2CCOCC2)c2nc3ccc(Cl)cc3s2)cc1.Cl. The van der Waals surface area contributed by atoms with Crippen LogP contribution in [0.15, 0.2) is 77.7 Å². The summed E-state index contributed by atoms with van der Waals surface area (Å²) in [5.74, 6) is -0.234. The minimum Gasteiger partial charge on any atom is -0.379 e. The van der Waals surface area contributed by atoms with Gasteiger partial charge >= 0.3 is 0 Å².